The Kier molecular flexibility index (Phi) is 6.28. The molecule has 0 aliphatic heterocycles. The minimum absolute atomic E-state index is 0.111. The Bertz CT molecular complexity index is 1340. The first-order valence-corrected chi connectivity index (χ1v) is 11.4. The number of amides is 1. The number of unbranched alkanes of at least 4 members (excludes halogenated alkanes) is 1. The van der Waals surface area contributed by atoms with Crippen molar-refractivity contribution in [2.75, 3.05) is 11.1 Å². The number of nitrogens with one attached hydrogen (secondary N) is 1. The summed E-state index contributed by atoms with van der Waals surface area (Å²) >= 11 is 2.38. The summed E-state index contributed by atoms with van der Waals surface area (Å²) in [4.78, 5) is 35.2. The van der Waals surface area contributed by atoms with Crippen molar-refractivity contribution in [2.24, 2.45) is 0 Å². The Morgan fingerprint density at radius 2 is 2.13 bits per heavy atom. The smallest absolute Gasteiger partial charge is 0.272 e. The minimum atomic E-state index is -0.726. The fourth-order valence-corrected chi connectivity index (χ4v) is 4.92. The summed E-state index contributed by atoms with van der Waals surface area (Å²) in [6.45, 7) is 2.50. The van der Waals surface area contributed by atoms with Gasteiger partial charge in [0.05, 0.1) is 17.0 Å². The zero-order valence-corrected chi connectivity index (χ0v) is 18.2. The average Bonchev–Trinajstić information content (AvgIpc) is 3.13. The van der Waals surface area contributed by atoms with E-state index in [4.69, 9.17) is 0 Å². The van der Waals surface area contributed by atoms with Crippen LogP contribution in [0.3, 0.4) is 0 Å². The van der Waals surface area contributed by atoms with Crippen molar-refractivity contribution in [3.05, 3.63) is 58.5 Å². The van der Waals surface area contributed by atoms with Crippen LogP contribution in [0.1, 0.15) is 19.8 Å². The number of fused-ring (bicyclic) bond motifs is 3. The second kappa shape index (κ2) is 9.11. The highest BCUT2D eigenvalue weighted by molar-refractivity contribution is 7.99. The third-order valence-electron chi connectivity index (χ3n) is 4.59. The Morgan fingerprint density at radius 3 is 2.94 bits per heavy atom. The number of carbonyl (C=O) groups excluding carboxylic acids is 1. The molecular formula is C21H18F2N4O2S2. The minimum Gasteiger partial charge on any atom is -0.323 e. The van der Waals surface area contributed by atoms with Crippen molar-refractivity contribution in [1.29, 1.82) is 0 Å². The number of anilines is 1. The first-order chi connectivity index (χ1) is 15.0. The molecule has 0 aliphatic rings. The summed E-state index contributed by atoms with van der Waals surface area (Å²) in [5.74, 6) is -2.01. The first kappa shape index (κ1) is 21.4. The monoisotopic (exact) mass is 460 g/mol. The van der Waals surface area contributed by atoms with Crippen molar-refractivity contribution in [3.8, 4) is 0 Å². The van der Waals surface area contributed by atoms with Crippen molar-refractivity contribution in [3.63, 3.8) is 0 Å². The number of carbonyl (C=O) groups is 1. The molecule has 0 aliphatic carbocycles. The predicted molar refractivity (Wildman–Crippen MR) is 120 cm³/mol. The molecule has 0 saturated heterocycles. The van der Waals surface area contributed by atoms with E-state index >= 15 is 0 Å². The van der Waals surface area contributed by atoms with Crippen molar-refractivity contribution in [2.45, 2.75) is 31.5 Å². The van der Waals surface area contributed by atoms with Crippen molar-refractivity contribution >= 4 is 55.1 Å². The highest BCUT2D eigenvalue weighted by Crippen LogP contribution is 2.30. The molecule has 0 spiro atoms. The maximum atomic E-state index is 13.8. The van der Waals surface area contributed by atoms with Gasteiger partial charge in [0.15, 0.2) is 5.16 Å². The molecule has 3 heterocycles. The number of benzene rings is 1. The van der Waals surface area contributed by atoms with E-state index in [1.165, 1.54) is 11.3 Å². The van der Waals surface area contributed by atoms with Gasteiger partial charge in [0, 0.05) is 24.2 Å². The van der Waals surface area contributed by atoms with E-state index in [1.54, 1.807) is 16.8 Å². The topological polar surface area (TPSA) is 76.9 Å². The van der Waals surface area contributed by atoms with Crippen LogP contribution in [0.15, 0.2) is 46.5 Å². The molecule has 31 heavy (non-hydrogen) atoms. The van der Waals surface area contributed by atoms with Gasteiger partial charge >= 0.3 is 0 Å². The Morgan fingerprint density at radius 1 is 1.29 bits per heavy atom. The zero-order valence-electron chi connectivity index (χ0n) is 16.5. The Balaban J connectivity index is 1.65. The van der Waals surface area contributed by atoms with E-state index in [9.17, 15) is 18.4 Å². The van der Waals surface area contributed by atoms with Crippen LogP contribution in [-0.4, -0.2) is 26.2 Å². The van der Waals surface area contributed by atoms with Gasteiger partial charge in [-0.15, -0.1) is 11.3 Å². The molecule has 10 heteroatoms. The van der Waals surface area contributed by atoms with Gasteiger partial charge in [-0.05, 0) is 30.7 Å². The largest absolute Gasteiger partial charge is 0.323 e. The van der Waals surface area contributed by atoms with Gasteiger partial charge < -0.3 is 5.32 Å². The van der Waals surface area contributed by atoms with E-state index in [0.717, 1.165) is 53.0 Å². The van der Waals surface area contributed by atoms with Gasteiger partial charge in [0.25, 0.3) is 5.56 Å². The van der Waals surface area contributed by atoms with E-state index in [1.807, 2.05) is 13.0 Å². The van der Waals surface area contributed by atoms with E-state index in [2.05, 4.69) is 15.3 Å². The average molecular weight is 461 g/mol. The number of nitrogens with zero attached hydrogens (tertiary/aromatic N) is 3. The SMILES string of the molecule is CCCCn1c(SCC(=O)Nc2cc(F)ccc2F)nc2c(sc3ncccc32)c1=O. The van der Waals surface area contributed by atoms with Gasteiger partial charge in [-0.1, -0.05) is 25.1 Å². The fourth-order valence-electron chi connectivity index (χ4n) is 3.07. The summed E-state index contributed by atoms with van der Waals surface area (Å²) < 4.78 is 29.2. The lowest BCUT2D eigenvalue weighted by atomic mass is 10.3. The molecule has 6 nitrogen and oxygen atoms in total. The Hall–Kier alpha value is -2.85. The van der Waals surface area contributed by atoms with Gasteiger partial charge in [-0.25, -0.2) is 18.7 Å². The number of thioether (sulfide) groups is 1. The summed E-state index contributed by atoms with van der Waals surface area (Å²) in [6, 6.07) is 6.49. The maximum Gasteiger partial charge on any atom is 0.272 e. The zero-order chi connectivity index (χ0) is 22.0. The van der Waals surface area contributed by atoms with Gasteiger partial charge in [-0.2, -0.15) is 0 Å². The van der Waals surface area contributed by atoms with Crippen LogP contribution >= 0.6 is 23.1 Å². The maximum absolute atomic E-state index is 13.8. The highest BCUT2D eigenvalue weighted by atomic mass is 32.2. The normalized spacial score (nSPS) is 11.3. The molecule has 0 atom stereocenters. The molecule has 1 aromatic carbocycles. The molecule has 4 aromatic rings. The number of halogens is 2. The number of thiophene rings is 1. The third-order valence-corrected chi connectivity index (χ3v) is 6.66. The van der Waals surface area contributed by atoms with E-state index in [-0.39, 0.29) is 17.0 Å². The van der Waals surface area contributed by atoms with Crippen LogP contribution in [0.5, 0.6) is 0 Å². The summed E-state index contributed by atoms with van der Waals surface area (Å²) in [5.41, 5.74) is 0.165. The number of hydrogen-bond acceptors (Lipinski definition) is 6. The second-order valence-electron chi connectivity index (χ2n) is 6.80. The van der Waals surface area contributed by atoms with Gasteiger partial charge in [-0.3, -0.25) is 14.2 Å². The van der Waals surface area contributed by atoms with Crippen molar-refractivity contribution in [1.82, 2.24) is 14.5 Å². The highest BCUT2D eigenvalue weighted by Gasteiger charge is 2.18. The molecule has 0 saturated carbocycles. The first-order valence-electron chi connectivity index (χ1n) is 9.63. The molecule has 0 fully saturated rings. The lowest BCUT2D eigenvalue weighted by Crippen LogP contribution is -2.23. The molecule has 0 radical (unpaired) electrons. The summed E-state index contributed by atoms with van der Waals surface area (Å²) in [5, 5.41) is 3.56. The van der Waals surface area contributed by atoms with Crippen LogP contribution in [0.2, 0.25) is 0 Å². The molecule has 0 unspecified atom stereocenters. The molecule has 160 valence electrons. The molecule has 0 bridgehead atoms. The summed E-state index contributed by atoms with van der Waals surface area (Å²) in [6.07, 6.45) is 3.34. The predicted octanol–water partition coefficient (Wildman–Crippen LogP) is 4.82. The standard InChI is InChI=1S/C21H18F2N4O2S2/c1-2-3-9-27-20(29)18-17(13-5-4-8-24-19(13)31-18)26-21(27)30-11-16(28)25-15-10-12(22)6-7-14(15)23/h4-8,10H,2-3,9,11H2,1H3,(H,25,28). The summed E-state index contributed by atoms with van der Waals surface area (Å²) in [7, 11) is 0. The van der Waals surface area contributed by atoms with Gasteiger partial charge in [0.2, 0.25) is 5.91 Å². The van der Waals surface area contributed by atoms with Gasteiger partial charge in [0.1, 0.15) is 21.2 Å². The van der Waals surface area contributed by atoms with Crippen LogP contribution in [0, 0.1) is 11.6 Å². The number of rotatable bonds is 7. The van der Waals surface area contributed by atoms with Crippen molar-refractivity contribution < 1.29 is 13.6 Å². The van der Waals surface area contributed by atoms with Crippen LogP contribution in [0.4, 0.5) is 14.5 Å². The second-order valence-corrected chi connectivity index (χ2v) is 8.74. The quantitative estimate of drug-likeness (QED) is 0.316. The molecule has 1 N–H and O–H groups in total. The molecule has 3 aromatic heterocycles. The molecule has 1 amide bonds. The van der Waals surface area contributed by atoms with Crippen LogP contribution < -0.4 is 10.9 Å². The van der Waals surface area contributed by atoms with E-state index in [0.29, 0.717) is 21.9 Å². The Labute approximate surface area is 184 Å². The van der Waals surface area contributed by atoms with Crippen LogP contribution in [0.25, 0.3) is 20.4 Å². The van der Waals surface area contributed by atoms with Crippen LogP contribution in [-0.2, 0) is 11.3 Å². The third kappa shape index (κ3) is 4.45. The fraction of sp³-hybridized carbons (Fsp3) is 0.238. The number of pyridine rings is 1. The molecular weight excluding hydrogens is 442 g/mol. The van der Waals surface area contributed by atoms with E-state index < -0.39 is 17.5 Å². The lowest BCUT2D eigenvalue weighted by Gasteiger charge is -2.12. The lowest BCUT2D eigenvalue weighted by molar-refractivity contribution is -0.113. The molecule has 4 rings (SSSR count). The number of aromatic nitrogens is 3. The number of hydrogen-bond donors (Lipinski definition) is 1.